The summed E-state index contributed by atoms with van der Waals surface area (Å²) >= 11 is 1.78. The summed E-state index contributed by atoms with van der Waals surface area (Å²) in [5.74, 6) is 0.941. The number of nitrogens with one attached hydrogen (secondary N) is 1. The first-order valence-corrected chi connectivity index (χ1v) is 11.1. The number of hydrogen-bond acceptors (Lipinski definition) is 4. The van der Waals surface area contributed by atoms with Crippen LogP contribution in [0.2, 0.25) is 0 Å². The molecule has 2 aromatic rings. The Morgan fingerprint density at radius 1 is 1.30 bits per heavy atom. The van der Waals surface area contributed by atoms with Crippen molar-refractivity contribution in [1.29, 1.82) is 0 Å². The van der Waals surface area contributed by atoms with E-state index in [2.05, 4.69) is 27.5 Å². The first-order valence-electron chi connectivity index (χ1n) is 10.2. The van der Waals surface area contributed by atoms with Gasteiger partial charge in [0.1, 0.15) is 0 Å². The number of carbonyl (C=O) groups is 1. The van der Waals surface area contributed by atoms with Gasteiger partial charge >= 0.3 is 0 Å². The van der Waals surface area contributed by atoms with Crippen molar-refractivity contribution in [3.8, 4) is 0 Å². The number of pyridine rings is 1. The van der Waals surface area contributed by atoms with Gasteiger partial charge < -0.3 is 10.2 Å². The van der Waals surface area contributed by atoms with E-state index in [4.69, 9.17) is 0 Å². The minimum Gasteiger partial charge on any atom is -0.330 e. The van der Waals surface area contributed by atoms with Crippen LogP contribution in [0, 0.1) is 5.92 Å². The number of carbonyl (C=O) groups excluding carboxylic acids is 1. The van der Waals surface area contributed by atoms with Gasteiger partial charge in [-0.2, -0.15) is 0 Å². The van der Waals surface area contributed by atoms with Crippen LogP contribution < -0.4 is 5.32 Å². The van der Waals surface area contributed by atoms with Gasteiger partial charge in [-0.05, 0) is 75.2 Å². The highest BCUT2D eigenvalue weighted by Crippen LogP contribution is 2.34. The Labute approximate surface area is 166 Å². The molecule has 1 fully saturated rings. The number of thiophene rings is 1. The van der Waals surface area contributed by atoms with Crippen molar-refractivity contribution >= 4 is 17.2 Å². The summed E-state index contributed by atoms with van der Waals surface area (Å²) in [4.78, 5) is 21.7. The standard InChI is InChI=1S/C22H29N3OS/c1-16-7-8-19-20(15-27-21(19)13-16)22(26)25(14-17-5-2-3-11-24-17)18-6-4-10-23-12-9-18/h2-3,5,11,15-16,18,23H,4,6-10,12-14H2,1H3. The van der Waals surface area contributed by atoms with E-state index in [-0.39, 0.29) is 11.9 Å². The van der Waals surface area contributed by atoms with Gasteiger partial charge in [-0.15, -0.1) is 11.3 Å². The minimum absolute atomic E-state index is 0.208. The van der Waals surface area contributed by atoms with E-state index in [1.165, 1.54) is 16.9 Å². The second-order valence-electron chi connectivity index (χ2n) is 7.99. The average molecular weight is 384 g/mol. The van der Waals surface area contributed by atoms with Gasteiger partial charge in [-0.3, -0.25) is 9.78 Å². The van der Waals surface area contributed by atoms with Crippen LogP contribution in [0.1, 0.15) is 59.1 Å². The van der Waals surface area contributed by atoms with Gasteiger partial charge in [0.05, 0.1) is 17.8 Å². The molecule has 0 spiro atoms. The van der Waals surface area contributed by atoms with E-state index in [1.54, 1.807) is 11.3 Å². The fourth-order valence-electron chi connectivity index (χ4n) is 4.36. The zero-order valence-corrected chi connectivity index (χ0v) is 16.9. The molecule has 2 atom stereocenters. The van der Waals surface area contributed by atoms with Crippen LogP contribution in [0.25, 0.3) is 0 Å². The van der Waals surface area contributed by atoms with Gasteiger partial charge in [0.2, 0.25) is 0 Å². The molecule has 0 aromatic carbocycles. The molecule has 3 heterocycles. The van der Waals surface area contributed by atoms with Gasteiger partial charge in [-0.25, -0.2) is 0 Å². The molecule has 1 N–H and O–H groups in total. The maximum absolute atomic E-state index is 13.7. The maximum Gasteiger partial charge on any atom is 0.255 e. The van der Waals surface area contributed by atoms with E-state index >= 15 is 0 Å². The van der Waals surface area contributed by atoms with Crippen molar-refractivity contribution in [3.63, 3.8) is 0 Å². The molecule has 0 saturated carbocycles. The molecular weight excluding hydrogens is 354 g/mol. The zero-order valence-electron chi connectivity index (χ0n) is 16.1. The molecule has 1 saturated heterocycles. The lowest BCUT2D eigenvalue weighted by Crippen LogP contribution is -2.41. The highest BCUT2D eigenvalue weighted by molar-refractivity contribution is 7.10. The van der Waals surface area contributed by atoms with E-state index in [0.717, 1.165) is 62.4 Å². The van der Waals surface area contributed by atoms with Crippen LogP contribution in [0.3, 0.4) is 0 Å². The summed E-state index contributed by atoms with van der Waals surface area (Å²) in [6.07, 6.45) is 8.39. The molecular formula is C22H29N3OS. The Morgan fingerprint density at radius 3 is 3.07 bits per heavy atom. The summed E-state index contributed by atoms with van der Waals surface area (Å²) in [7, 11) is 0. The van der Waals surface area contributed by atoms with Crippen molar-refractivity contribution in [2.24, 2.45) is 5.92 Å². The zero-order chi connectivity index (χ0) is 18.6. The predicted molar refractivity (Wildman–Crippen MR) is 110 cm³/mol. The SMILES string of the molecule is CC1CCc2c(C(=O)N(Cc3ccccn3)C3CCCNCC3)csc2C1. The maximum atomic E-state index is 13.7. The molecule has 5 heteroatoms. The van der Waals surface area contributed by atoms with Crippen LogP contribution >= 0.6 is 11.3 Å². The lowest BCUT2D eigenvalue weighted by Gasteiger charge is -2.31. The quantitative estimate of drug-likeness (QED) is 0.866. The largest absolute Gasteiger partial charge is 0.330 e. The Bertz CT molecular complexity index is 765. The van der Waals surface area contributed by atoms with E-state index < -0.39 is 0 Å². The van der Waals surface area contributed by atoms with Crippen LogP contribution in [0.4, 0.5) is 0 Å². The number of amides is 1. The van der Waals surface area contributed by atoms with Crippen molar-refractivity contribution in [2.75, 3.05) is 13.1 Å². The molecule has 2 aliphatic rings. The Kier molecular flexibility index (Phi) is 5.89. The predicted octanol–water partition coefficient (Wildman–Crippen LogP) is 4.05. The van der Waals surface area contributed by atoms with E-state index in [9.17, 15) is 4.79 Å². The highest BCUT2D eigenvalue weighted by Gasteiger charge is 2.30. The van der Waals surface area contributed by atoms with Gasteiger partial charge in [0, 0.05) is 22.5 Å². The van der Waals surface area contributed by atoms with Crippen molar-refractivity contribution in [1.82, 2.24) is 15.2 Å². The van der Waals surface area contributed by atoms with Crippen molar-refractivity contribution in [3.05, 3.63) is 51.5 Å². The summed E-state index contributed by atoms with van der Waals surface area (Å²) < 4.78 is 0. The lowest BCUT2D eigenvalue weighted by molar-refractivity contribution is 0.0641. The minimum atomic E-state index is 0.208. The third-order valence-electron chi connectivity index (χ3n) is 5.94. The Morgan fingerprint density at radius 2 is 2.22 bits per heavy atom. The monoisotopic (exact) mass is 383 g/mol. The summed E-state index contributed by atoms with van der Waals surface area (Å²) in [5, 5.41) is 5.59. The van der Waals surface area contributed by atoms with E-state index in [0.29, 0.717) is 6.54 Å². The molecule has 1 aliphatic carbocycles. The molecule has 1 amide bonds. The first-order chi connectivity index (χ1) is 13.2. The van der Waals surface area contributed by atoms with Gasteiger partial charge in [0.25, 0.3) is 5.91 Å². The Balaban J connectivity index is 1.62. The Hall–Kier alpha value is -1.72. The normalized spacial score (nSPS) is 22.7. The van der Waals surface area contributed by atoms with Crippen LogP contribution in [0.15, 0.2) is 29.8 Å². The number of rotatable bonds is 4. The fourth-order valence-corrected chi connectivity index (χ4v) is 5.59. The molecule has 4 rings (SSSR count). The molecule has 0 radical (unpaired) electrons. The third kappa shape index (κ3) is 4.25. The van der Waals surface area contributed by atoms with E-state index in [1.807, 2.05) is 24.4 Å². The summed E-state index contributed by atoms with van der Waals surface area (Å²) in [5.41, 5.74) is 3.25. The third-order valence-corrected chi connectivity index (χ3v) is 6.99. The molecule has 1 aliphatic heterocycles. The number of hydrogen-bond donors (Lipinski definition) is 1. The summed E-state index contributed by atoms with van der Waals surface area (Å²) in [6, 6.07) is 6.25. The number of nitrogens with zero attached hydrogens (tertiary/aromatic N) is 2. The smallest absolute Gasteiger partial charge is 0.255 e. The average Bonchev–Trinajstić information content (AvgIpc) is 2.91. The van der Waals surface area contributed by atoms with Gasteiger partial charge in [-0.1, -0.05) is 13.0 Å². The molecule has 4 nitrogen and oxygen atoms in total. The van der Waals surface area contributed by atoms with Crippen molar-refractivity contribution < 1.29 is 4.79 Å². The highest BCUT2D eigenvalue weighted by atomic mass is 32.1. The fraction of sp³-hybridized carbons (Fsp3) is 0.545. The second-order valence-corrected chi connectivity index (χ2v) is 8.95. The number of aromatic nitrogens is 1. The molecule has 0 bridgehead atoms. The van der Waals surface area contributed by atoms with Gasteiger partial charge in [0.15, 0.2) is 0 Å². The molecule has 144 valence electrons. The topological polar surface area (TPSA) is 45.2 Å². The van der Waals surface area contributed by atoms with Crippen molar-refractivity contribution in [2.45, 2.75) is 58.0 Å². The lowest BCUT2D eigenvalue weighted by atomic mass is 9.88. The van der Waals surface area contributed by atoms with Crippen LogP contribution in [-0.2, 0) is 19.4 Å². The second kappa shape index (κ2) is 8.53. The van der Waals surface area contributed by atoms with Crippen LogP contribution in [-0.4, -0.2) is 34.9 Å². The number of fused-ring (bicyclic) bond motifs is 1. The summed E-state index contributed by atoms with van der Waals surface area (Å²) in [6.45, 7) is 4.95. The molecule has 2 unspecified atom stereocenters. The first kappa shape index (κ1) is 18.6. The van der Waals surface area contributed by atoms with Crippen LogP contribution in [0.5, 0.6) is 0 Å². The molecule has 2 aromatic heterocycles. The molecule has 27 heavy (non-hydrogen) atoms.